The molecule has 4 rings (SSSR count). The highest BCUT2D eigenvalue weighted by Gasteiger charge is 2.48. The number of benzene rings is 1. The minimum Gasteiger partial charge on any atom is -0.368 e. The average Bonchev–Trinajstić information content (AvgIpc) is 2.72. The third kappa shape index (κ3) is 3.63. The van der Waals surface area contributed by atoms with E-state index in [1.807, 2.05) is 0 Å². The number of aromatic nitrogens is 3. The number of rotatable bonds is 5. The average molecular weight is 395 g/mol. The predicted octanol–water partition coefficient (Wildman–Crippen LogP) is 4.85. The molecule has 1 fully saturated rings. The first kappa shape index (κ1) is 18.9. The zero-order valence-electron chi connectivity index (χ0n) is 15.2. The van der Waals surface area contributed by atoms with E-state index < -0.39 is 23.2 Å². The summed E-state index contributed by atoms with van der Waals surface area (Å²) in [4.78, 5) is 7.40. The maximum atomic E-state index is 14.2. The van der Waals surface area contributed by atoms with Gasteiger partial charge in [-0.25, -0.2) is 18.0 Å². The monoisotopic (exact) mass is 395 g/mol. The van der Waals surface area contributed by atoms with Gasteiger partial charge in [0.2, 0.25) is 0 Å². The van der Waals surface area contributed by atoms with Gasteiger partial charge in [-0.2, -0.15) is 0 Å². The molecule has 0 unspecified atom stereocenters. The zero-order chi connectivity index (χ0) is 20.4. The van der Waals surface area contributed by atoms with Crippen molar-refractivity contribution in [2.45, 2.75) is 24.4 Å². The molecule has 1 saturated carbocycles. The van der Waals surface area contributed by atoms with Crippen molar-refractivity contribution in [3.8, 4) is 11.3 Å². The van der Waals surface area contributed by atoms with Crippen LogP contribution in [0.15, 0.2) is 48.7 Å². The Bertz CT molecular complexity index is 1070. The summed E-state index contributed by atoms with van der Waals surface area (Å²) in [5.74, 6) is -0.563. The van der Waals surface area contributed by atoms with E-state index in [0.717, 1.165) is 0 Å². The summed E-state index contributed by atoms with van der Waals surface area (Å²) in [6.45, 7) is 7.29. The number of pyridine rings is 1. The summed E-state index contributed by atoms with van der Waals surface area (Å²) >= 11 is 0. The van der Waals surface area contributed by atoms with Crippen LogP contribution in [0.2, 0.25) is 0 Å². The molecular weight excluding hydrogens is 379 g/mol. The molecule has 0 atom stereocenters. The second-order valence-corrected chi connectivity index (χ2v) is 7.05. The molecule has 0 spiro atoms. The molecule has 0 radical (unpaired) electrons. The molecule has 0 amide bonds. The van der Waals surface area contributed by atoms with Crippen molar-refractivity contribution >= 4 is 11.5 Å². The van der Waals surface area contributed by atoms with E-state index in [2.05, 4.69) is 25.3 Å². The largest absolute Gasteiger partial charge is 0.368 e. The van der Waals surface area contributed by atoms with Crippen LogP contribution in [-0.4, -0.2) is 27.9 Å². The number of anilines is 1. The smallest absolute Gasteiger partial charge is 0.188 e. The summed E-state index contributed by atoms with van der Waals surface area (Å²) in [5.41, 5.74) is 0.265. The van der Waals surface area contributed by atoms with Crippen molar-refractivity contribution in [3.05, 3.63) is 77.4 Å². The summed E-state index contributed by atoms with van der Waals surface area (Å²) in [6.07, 6.45) is 0.846. The molecule has 2 aromatic heterocycles. The lowest BCUT2D eigenvalue weighted by Crippen LogP contribution is -2.49. The highest BCUT2D eigenvalue weighted by Crippen LogP contribution is 2.45. The van der Waals surface area contributed by atoms with Gasteiger partial charge in [-0.1, -0.05) is 6.07 Å². The van der Waals surface area contributed by atoms with E-state index in [-0.39, 0.29) is 36.3 Å². The van der Waals surface area contributed by atoms with Crippen molar-refractivity contribution in [1.82, 2.24) is 15.2 Å². The first-order valence-electron chi connectivity index (χ1n) is 9.01. The zero-order valence-corrected chi connectivity index (χ0v) is 15.2. The normalized spacial score (nSPS) is 20.6. The summed E-state index contributed by atoms with van der Waals surface area (Å²) in [5, 5.41) is 11.1. The highest BCUT2D eigenvalue weighted by atomic mass is 19.1. The SMILES string of the molecule is [C-]#[N+]c1ccc(F)c(-c2ccc(NCC3(c4ncccc4F)CC(F)C3)nn2)c1. The van der Waals surface area contributed by atoms with Crippen molar-refractivity contribution in [2.24, 2.45) is 0 Å². The fraction of sp³-hybridized carbons (Fsp3) is 0.238. The lowest BCUT2D eigenvalue weighted by molar-refractivity contribution is 0.0964. The molecule has 2 heterocycles. The molecule has 0 aliphatic heterocycles. The fourth-order valence-electron chi connectivity index (χ4n) is 3.59. The van der Waals surface area contributed by atoms with Crippen LogP contribution in [0.3, 0.4) is 0 Å². The Hall–Kier alpha value is -3.47. The quantitative estimate of drug-likeness (QED) is 0.628. The number of hydrogen-bond donors (Lipinski definition) is 1. The Morgan fingerprint density at radius 3 is 2.59 bits per heavy atom. The second kappa shape index (κ2) is 7.51. The second-order valence-electron chi connectivity index (χ2n) is 7.05. The van der Waals surface area contributed by atoms with E-state index in [1.54, 1.807) is 12.1 Å². The summed E-state index contributed by atoms with van der Waals surface area (Å²) < 4.78 is 41.9. The Morgan fingerprint density at radius 2 is 1.93 bits per heavy atom. The van der Waals surface area contributed by atoms with Crippen molar-refractivity contribution in [3.63, 3.8) is 0 Å². The van der Waals surface area contributed by atoms with E-state index in [1.165, 1.54) is 36.5 Å². The Morgan fingerprint density at radius 1 is 1.10 bits per heavy atom. The van der Waals surface area contributed by atoms with Gasteiger partial charge in [0.15, 0.2) is 5.69 Å². The minimum atomic E-state index is -0.996. The lowest BCUT2D eigenvalue weighted by Gasteiger charge is -2.44. The molecule has 1 aromatic carbocycles. The Balaban J connectivity index is 1.52. The number of nitrogens with one attached hydrogen (secondary N) is 1. The molecule has 29 heavy (non-hydrogen) atoms. The van der Waals surface area contributed by atoms with Gasteiger partial charge in [-0.3, -0.25) is 4.98 Å². The molecule has 146 valence electrons. The van der Waals surface area contributed by atoms with Gasteiger partial charge in [0.1, 0.15) is 23.6 Å². The van der Waals surface area contributed by atoms with Gasteiger partial charge < -0.3 is 5.32 Å². The third-order valence-corrected chi connectivity index (χ3v) is 5.11. The van der Waals surface area contributed by atoms with E-state index in [4.69, 9.17) is 6.57 Å². The number of hydrogen-bond acceptors (Lipinski definition) is 4. The lowest BCUT2D eigenvalue weighted by atomic mass is 9.65. The molecule has 3 aromatic rings. The first-order valence-corrected chi connectivity index (χ1v) is 9.01. The van der Waals surface area contributed by atoms with Crippen LogP contribution in [0, 0.1) is 18.2 Å². The molecule has 1 aliphatic carbocycles. The standard InChI is InChI=1S/C21H16F3N5/c1-25-14-4-5-16(23)15(9-14)18-6-7-19(29-28-18)27-12-21(10-13(22)11-21)20-17(24)3-2-8-26-20/h2-9,13H,10-12H2,(H,27,29). The maximum absolute atomic E-state index is 14.2. The van der Waals surface area contributed by atoms with Gasteiger partial charge in [0, 0.05) is 23.7 Å². The Labute approximate surface area is 165 Å². The molecule has 8 heteroatoms. The van der Waals surface area contributed by atoms with Gasteiger partial charge in [-0.15, -0.1) is 10.2 Å². The van der Waals surface area contributed by atoms with Crippen LogP contribution in [-0.2, 0) is 5.41 Å². The van der Waals surface area contributed by atoms with Crippen molar-refractivity contribution in [2.75, 3.05) is 11.9 Å². The maximum Gasteiger partial charge on any atom is 0.188 e. The van der Waals surface area contributed by atoms with Crippen LogP contribution in [0.5, 0.6) is 0 Å². The third-order valence-electron chi connectivity index (χ3n) is 5.11. The first-order chi connectivity index (χ1) is 14.0. The van der Waals surface area contributed by atoms with E-state index in [0.29, 0.717) is 11.5 Å². The van der Waals surface area contributed by atoms with Crippen LogP contribution in [0.1, 0.15) is 18.5 Å². The van der Waals surface area contributed by atoms with Crippen LogP contribution < -0.4 is 5.32 Å². The number of nitrogens with zero attached hydrogens (tertiary/aromatic N) is 4. The fourth-order valence-corrected chi connectivity index (χ4v) is 3.59. The summed E-state index contributed by atoms with van der Waals surface area (Å²) in [7, 11) is 0. The topological polar surface area (TPSA) is 55.1 Å². The van der Waals surface area contributed by atoms with Crippen LogP contribution >= 0.6 is 0 Å². The van der Waals surface area contributed by atoms with Crippen LogP contribution in [0.25, 0.3) is 16.1 Å². The molecule has 0 saturated heterocycles. The van der Waals surface area contributed by atoms with E-state index in [9.17, 15) is 13.2 Å². The van der Waals surface area contributed by atoms with Gasteiger partial charge in [0.05, 0.1) is 18.0 Å². The van der Waals surface area contributed by atoms with Gasteiger partial charge >= 0.3 is 0 Å². The molecule has 5 nitrogen and oxygen atoms in total. The minimum absolute atomic E-state index is 0.175. The number of alkyl halides is 1. The highest BCUT2D eigenvalue weighted by molar-refractivity contribution is 5.66. The van der Waals surface area contributed by atoms with Crippen molar-refractivity contribution < 1.29 is 13.2 Å². The van der Waals surface area contributed by atoms with Crippen LogP contribution in [0.4, 0.5) is 24.7 Å². The van der Waals surface area contributed by atoms with Gasteiger partial charge in [0.25, 0.3) is 0 Å². The van der Waals surface area contributed by atoms with E-state index >= 15 is 0 Å². The van der Waals surface area contributed by atoms with Crippen molar-refractivity contribution in [1.29, 1.82) is 0 Å². The predicted molar refractivity (Wildman–Crippen MR) is 102 cm³/mol. The Kier molecular flexibility index (Phi) is 4.89. The molecule has 1 N–H and O–H groups in total. The number of halogens is 3. The summed E-state index contributed by atoms with van der Waals surface area (Å²) in [6, 6.07) is 10.0. The molecule has 0 bridgehead atoms. The molecule has 1 aliphatic rings. The molecular formula is C21H16F3N5. The van der Waals surface area contributed by atoms with Gasteiger partial charge in [-0.05, 0) is 49.2 Å².